The molecule has 25 heavy (non-hydrogen) atoms. The van der Waals surface area contributed by atoms with Crippen molar-refractivity contribution in [1.82, 2.24) is 4.90 Å². The van der Waals surface area contributed by atoms with Crippen LogP contribution in [-0.2, 0) is 9.09 Å². The molecule has 0 fully saturated rings. The zero-order chi connectivity index (χ0) is 19.4. The van der Waals surface area contributed by atoms with Crippen LogP contribution >= 0.6 is 7.82 Å². The molecule has 0 radical (unpaired) electrons. The van der Waals surface area contributed by atoms with E-state index in [1.165, 1.54) is 70.6 Å². The van der Waals surface area contributed by atoms with E-state index in [0.29, 0.717) is 0 Å². The first-order chi connectivity index (χ1) is 11.8. The van der Waals surface area contributed by atoms with E-state index in [4.69, 9.17) is 9.79 Å². The molecule has 0 unspecified atom stereocenters. The Morgan fingerprint density at radius 3 is 1.24 bits per heavy atom. The van der Waals surface area contributed by atoms with Gasteiger partial charge in [-0.15, -0.1) is 0 Å². The fourth-order valence-electron chi connectivity index (χ4n) is 2.48. The van der Waals surface area contributed by atoms with E-state index in [2.05, 4.69) is 11.4 Å². The van der Waals surface area contributed by atoms with Crippen molar-refractivity contribution in [2.75, 3.05) is 27.7 Å². The van der Waals surface area contributed by atoms with Crippen molar-refractivity contribution in [3.05, 3.63) is 0 Å². The largest absolute Gasteiger partial charge is 0.469 e. The molecule has 6 heteroatoms. The average Bonchev–Trinajstić information content (AvgIpc) is 2.49. The van der Waals surface area contributed by atoms with Crippen LogP contribution in [0.4, 0.5) is 0 Å². The van der Waals surface area contributed by atoms with E-state index < -0.39 is 7.82 Å². The minimum Gasteiger partial charge on any atom is -0.312 e. The fraction of sp³-hybridized carbons (Fsp3) is 1.00. The number of hydrogen-bond donors (Lipinski definition) is 2. The summed E-state index contributed by atoms with van der Waals surface area (Å²) in [6, 6.07) is 0. The van der Waals surface area contributed by atoms with E-state index in [1.807, 2.05) is 26.0 Å². The number of nitrogens with zero attached hydrogens (tertiary/aromatic N) is 1. The maximum Gasteiger partial charge on any atom is 0.469 e. The summed E-state index contributed by atoms with van der Waals surface area (Å²) in [5.74, 6) is 0. The molecular formula is C19H44NO4P. The molecule has 0 amide bonds. The summed E-state index contributed by atoms with van der Waals surface area (Å²) in [7, 11) is 1.75. The van der Waals surface area contributed by atoms with E-state index >= 15 is 0 Å². The minimum absolute atomic E-state index is 0.169. The van der Waals surface area contributed by atoms with Gasteiger partial charge in [-0.1, -0.05) is 90.4 Å². The van der Waals surface area contributed by atoms with Gasteiger partial charge in [-0.25, -0.2) is 4.57 Å². The van der Waals surface area contributed by atoms with Gasteiger partial charge in [0.25, 0.3) is 0 Å². The summed E-state index contributed by atoms with van der Waals surface area (Å²) < 4.78 is 14.8. The highest BCUT2D eigenvalue weighted by molar-refractivity contribution is 7.46. The lowest BCUT2D eigenvalue weighted by Crippen LogP contribution is -1.99. The summed E-state index contributed by atoms with van der Waals surface area (Å²) in [4.78, 5) is 19.0. The number of unbranched alkanes of at least 4 members (excludes halogenated alkanes) is 13. The zero-order valence-electron chi connectivity index (χ0n) is 17.2. The van der Waals surface area contributed by atoms with Gasteiger partial charge in [0, 0.05) is 0 Å². The molecule has 0 saturated heterocycles. The third kappa shape index (κ3) is 35.9. The normalized spacial score (nSPS) is 11.5. The van der Waals surface area contributed by atoms with Crippen LogP contribution < -0.4 is 0 Å². The molecule has 0 aromatic carbocycles. The van der Waals surface area contributed by atoms with Gasteiger partial charge in [-0.2, -0.15) is 0 Å². The molecule has 0 bridgehead atoms. The Balaban J connectivity index is 0. The van der Waals surface area contributed by atoms with Crippen molar-refractivity contribution >= 4 is 7.82 Å². The van der Waals surface area contributed by atoms with Crippen LogP contribution in [0.5, 0.6) is 0 Å². The van der Waals surface area contributed by atoms with Crippen LogP contribution in [0.25, 0.3) is 0 Å². The molecule has 0 rings (SSSR count). The summed E-state index contributed by atoms with van der Waals surface area (Å²) in [6.45, 7) is 2.42. The zero-order valence-corrected chi connectivity index (χ0v) is 18.1. The first-order valence-corrected chi connectivity index (χ1v) is 11.6. The molecule has 0 saturated carbocycles. The van der Waals surface area contributed by atoms with Gasteiger partial charge in [0.2, 0.25) is 0 Å². The van der Waals surface area contributed by atoms with Gasteiger partial charge in [-0.3, -0.25) is 4.52 Å². The van der Waals surface area contributed by atoms with Crippen molar-refractivity contribution in [1.29, 1.82) is 0 Å². The molecule has 0 heterocycles. The van der Waals surface area contributed by atoms with Crippen molar-refractivity contribution in [3.63, 3.8) is 0 Å². The quantitative estimate of drug-likeness (QED) is 0.263. The molecule has 154 valence electrons. The maximum absolute atomic E-state index is 10.4. The molecule has 0 atom stereocenters. The second kappa shape index (κ2) is 20.4. The SMILES string of the molecule is CCCCCCCCCCCCCCCCOP(=O)(O)O.CN(C)C. The summed E-state index contributed by atoms with van der Waals surface area (Å²) in [5.41, 5.74) is 0. The van der Waals surface area contributed by atoms with Crippen LogP contribution in [0.2, 0.25) is 0 Å². The molecule has 0 spiro atoms. The standard InChI is InChI=1S/C16H35O4P.C3H9N/c1-2-3-4-5-6-7-8-9-10-11-12-13-14-15-16-20-21(17,18)19;1-4(2)3/h2-16H2,1H3,(H2,17,18,19);1-3H3. The molecule has 0 aliphatic heterocycles. The first kappa shape index (κ1) is 27.3. The fourth-order valence-corrected chi connectivity index (χ4v) is 2.85. The summed E-state index contributed by atoms with van der Waals surface area (Å²) in [6.07, 6.45) is 17.8. The Morgan fingerprint density at radius 1 is 0.680 bits per heavy atom. The van der Waals surface area contributed by atoms with Gasteiger partial charge >= 0.3 is 7.82 Å². The molecule has 0 aliphatic rings. The molecule has 0 aromatic rings. The van der Waals surface area contributed by atoms with Crippen molar-refractivity contribution in [3.8, 4) is 0 Å². The predicted octanol–water partition coefficient (Wildman–Crippen LogP) is 5.75. The molecular weight excluding hydrogens is 337 g/mol. The lowest BCUT2D eigenvalue weighted by molar-refractivity contribution is 0.193. The molecule has 2 N–H and O–H groups in total. The second-order valence-electron chi connectivity index (χ2n) is 7.26. The molecule has 0 aromatic heterocycles. The van der Waals surface area contributed by atoms with Crippen molar-refractivity contribution in [2.24, 2.45) is 0 Å². The lowest BCUT2D eigenvalue weighted by atomic mass is 10.0. The minimum atomic E-state index is -4.25. The van der Waals surface area contributed by atoms with Gasteiger partial charge < -0.3 is 14.7 Å². The van der Waals surface area contributed by atoms with E-state index in [-0.39, 0.29) is 6.61 Å². The van der Waals surface area contributed by atoms with Gasteiger partial charge in [-0.05, 0) is 27.6 Å². The van der Waals surface area contributed by atoms with E-state index in [0.717, 1.165) is 19.3 Å². The first-order valence-electron chi connectivity index (χ1n) is 10.1. The highest BCUT2D eigenvalue weighted by Gasteiger charge is 2.12. The molecule has 0 aliphatic carbocycles. The average molecular weight is 382 g/mol. The van der Waals surface area contributed by atoms with Crippen molar-refractivity contribution < 1.29 is 18.9 Å². The maximum atomic E-state index is 10.4. The highest BCUT2D eigenvalue weighted by Crippen LogP contribution is 2.35. The second-order valence-corrected chi connectivity index (χ2v) is 8.50. The van der Waals surface area contributed by atoms with E-state index in [1.54, 1.807) is 0 Å². The number of phosphoric acid groups is 1. The Hall–Kier alpha value is 0.0700. The smallest absolute Gasteiger partial charge is 0.312 e. The Labute approximate surface area is 156 Å². The summed E-state index contributed by atoms with van der Waals surface area (Å²) >= 11 is 0. The highest BCUT2D eigenvalue weighted by atomic mass is 31.2. The van der Waals surface area contributed by atoms with E-state index in [9.17, 15) is 4.57 Å². The van der Waals surface area contributed by atoms with Gasteiger partial charge in [0.1, 0.15) is 0 Å². The van der Waals surface area contributed by atoms with Crippen LogP contribution in [0.3, 0.4) is 0 Å². The molecule has 5 nitrogen and oxygen atoms in total. The van der Waals surface area contributed by atoms with Crippen LogP contribution in [0.1, 0.15) is 96.8 Å². The van der Waals surface area contributed by atoms with Gasteiger partial charge in [0.15, 0.2) is 0 Å². The predicted molar refractivity (Wildman–Crippen MR) is 108 cm³/mol. The monoisotopic (exact) mass is 381 g/mol. The van der Waals surface area contributed by atoms with Crippen LogP contribution in [-0.4, -0.2) is 42.4 Å². The third-order valence-corrected chi connectivity index (χ3v) is 4.28. The number of phosphoric ester groups is 1. The third-order valence-electron chi connectivity index (χ3n) is 3.76. The van der Waals surface area contributed by atoms with Crippen LogP contribution in [0.15, 0.2) is 0 Å². The Kier molecular flexibility index (Phi) is 22.3. The number of hydrogen-bond acceptors (Lipinski definition) is 3. The van der Waals surface area contributed by atoms with Crippen LogP contribution in [0, 0.1) is 0 Å². The lowest BCUT2D eigenvalue weighted by Gasteiger charge is -2.05. The topological polar surface area (TPSA) is 70.0 Å². The number of rotatable bonds is 16. The Morgan fingerprint density at radius 2 is 0.960 bits per heavy atom. The summed E-state index contributed by atoms with van der Waals surface area (Å²) in [5, 5.41) is 0. The Bertz CT molecular complexity index is 292. The van der Waals surface area contributed by atoms with Gasteiger partial charge in [0.05, 0.1) is 6.61 Å². The van der Waals surface area contributed by atoms with Crippen molar-refractivity contribution in [2.45, 2.75) is 96.8 Å².